The number of fused-ring (bicyclic) bond motifs is 1. The van der Waals surface area contributed by atoms with Gasteiger partial charge < -0.3 is 14.2 Å². The second kappa shape index (κ2) is 6.89. The summed E-state index contributed by atoms with van der Waals surface area (Å²) >= 11 is 0. The lowest BCUT2D eigenvalue weighted by atomic mass is 10.2. The Hall–Kier alpha value is -2.32. The summed E-state index contributed by atoms with van der Waals surface area (Å²) < 4.78 is 24.1. The molecule has 0 amide bonds. The van der Waals surface area contributed by atoms with Gasteiger partial charge in [0.25, 0.3) is 5.89 Å². The van der Waals surface area contributed by atoms with Gasteiger partial charge in [0.05, 0.1) is 17.6 Å². The molecule has 2 aromatic heterocycles. The number of halogens is 1. The molecule has 0 bridgehead atoms. The van der Waals surface area contributed by atoms with E-state index in [1.165, 1.54) is 12.1 Å². The number of likely N-dealkylation sites (N-methyl/N-ethyl adjacent to an activating group) is 1. The molecular weight excluding hydrogens is 325 g/mol. The Balaban J connectivity index is 1.33. The van der Waals surface area contributed by atoms with E-state index in [0.717, 1.165) is 49.3 Å². The van der Waals surface area contributed by atoms with Crippen LogP contribution in [-0.4, -0.2) is 45.2 Å². The van der Waals surface area contributed by atoms with Crippen molar-refractivity contribution in [3.63, 3.8) is 0 Å². The van der Waals surface area contributed by atoms with Crippen LogP contribution in [0.1, 0.15) is 36.5 Å². The highest BCUT2D eigenvalue weighted by Gasteiger charge is 2.24. The fraction of sp³-hybridized carbons (Fsp3) is 0.471. The van der Waals surface area contributed by atoms with Gasteiger partial charge in [0.1, 0.15) is 17.7 Å². The van der Waals surface area contributed by atoms with Gasteiger partial charge in [-0.05, 0) is 38.1 Å². The summed E-state index contributed by atoms with van der Waals surface area (Å²) in [5.74, 6) is 1.79. The highest BCUT2D eigenvalue weighted by Crippen LogP contribution is 2.27. The SMILES string of the molecule is CN(CCc1nc2ccc(F)cc2[nH]1)Cc1noc([C@@H]2CCCO2)n1. The van der Waals surface area contributed by atoms with Gasteiger partial charge in [0, 0.05) is 19.6 Å². The number of H-pyrrole nitrogens is 1. The molecule has 1 aliphatic rings. The van der Waals surface area contributed by atoms with Crippen LogP contribution in [0, 0.1) is 5.82 Å². The Bertz CT molecular complexity index is 856. The van der Waals surface area contributed by atoms with E-state index in [0.29, 0.717) is 18.3 Å². The molecule has 1 atom stereocenters. The summed E-state index contributed by atoms with van der Waals surface area (Å²) in [5, 5.41) is 4.03. The molecule has 7 nitrogen and oxygen atoms in total. The topological polar surface area (TPSA) is 80.1 Å². The number of nitrogens with zero attached hydrogens (tertiary/aromatic N) is 4. The molecule has 0 aliphatic carbocycles. The predicted octanol–water partition coefficient (Wildman–Crippen LogP) is 2.61. The zero-order chi connectivity index (χ0) is 17.2. The van der Waals surface area contributed by atoms with Gasteiger partial charge in [0.2, 0.25) is 0 Å². The maximum atomic E-state index is 13.2. The Morgan fingerprint density at radius 3 is 3.12 bits per heavy atom. The molecule has 0 spiro atoms. The molecule has 0 radical (unpaired) electrons. The van der Waals surface area contributed by atoms with E-state index >= 15 is 0 Å². The zero-order valence-electron chi connectivity index (χ0n) is 14.0. The molecule has 3 heterocycles. The summed E-state index contributed by atoms with van der Waals surface area (Å²) in [6, 6.07) is 4.56. The molecule has 1 fully saturated rings. The molecule has 132 valence electrons. The van der Waals surface area contributed by atoms with Crippen LogP contribution in [0.25, 0.3) is 11.0 Å². The van der Waals surface area contributed by atoms with Crippen molar-refractivity contribution in [2.75, 3.05) is 20.2 Å². The number of benzene rings is 1. The van der Waals surface area contributed by atoms with E-state index in [1.54, 1.807) is 6.07 Å². The maximum Gasteiger partial charge on any atom is 0.255 e. The normalized spacial score (nSPS) is 17.8. The fourth-order valence-corrected chi connectivity index (χ4v) is 3.01. The standard InChI is InChI=1S/C17H20FN5O2/c1-23(10-16-21-17(25-22-16)14-3-2-8-24-14)7-6-15-19-12-5-4-11(18)9-13(12)20-15/h4-5,9,14H,2-3,6-8,10H2,1H3,(H,19,20)/t14-/m0/s1. The first-order valence-corrected chi connectivity index (χ1v) is 8.44. The molecule has 8 heteroatoms. The van der Waals surface area contributed by atoms with Crippen molar-refractivity contribution in [1.29, 1.82) is 0 Å². The van der Waals surface area contributed by atoms with E-state index in [9.17, 15) is 4.39 Å². The van der Waals surface area contributed by atoms with Crippen LogP contribution >= 0.6 is 0 Å². The van der Waals surface area contributed by atoms with Crippen LogP contribution < -0.4 is 0 Å². The molecule has 0 unspecified atom stereocenters. The summed E-state index contributed by atoms with van der Waals surface area (Å²) in [6.45, 7) is 2.11. The van der Waals surface area contributed by atoms with Crippen LogP contribution in [0.3, 0.4) is 0 Å². The van der Waals surface area contributed by atoms with Gasteiger partial charge in [-0.15, -0.1) is 0 Å². The summed E-state index contributed by atoms with van der Waals surface area (Å²) in [5.41, 5.74) is 1.50. The third-order valence-electron chi connectivity index (χ3n) is 4.32. The molecule has 0 saturated carbocycles. The summed E-state index contributed by atoms with van der Waals surface area (Å²) in [7, 11) is 1.99. The summed E-state index contributed by atoms with van der Waals surface area (Å²) in [6.07, 6.45) is 2.64. The Morgan fingerprint density at radius 2 is 2.28 bits per heavy atom. The van der Waals surface area contributed by atoms with Gasteiger partial charge in [0.15, 0.2) is 5.82 Å². The maximum absolute atomic E-state index is 13.2. The molecule has 25 heavy (non-hydrogen) atoms. The summed E-state index contributed by atoms with van der Waals surface area (Å²) in [4.78, 5) is 14.1. The van der Waals surface area contributed by atoms with Crippen molar-refractivity contribution in [2.45, 2.75) is 31.9 Å². The van der Waals surface area contributed by atoms with Gasteiger partial charge in [-0.25, -0.2) is 9.37 Å². The van der Waals surface area contributed by atoms with E-state index in [2.05, 4.69) is 25.0 Å². The second-order valence-electron chi connectivity index (χ2n) is 6.38. The molecule has 1 aliphatic heterocycles. The van der Waals surface area contributed by atoms with Crippen molar-refractivity contribution < 1.29 is 13.7 Å². The minimum absolute atomic E-state index is 0.0532. The Labute approximate surface area is 144 Å². The number of aromatic nitrogens is 4. The third-order valence-corrected chi connectivity index (χ3v) is 4.32. The van der Waals surface area contributed by atoms with Crippen molar-refractivity contribution in [3.05, 3.63) is 41.6 Å². The average Bonchev–Trinajstić information content (AvgIpc) is 3.32. The number of ether oxygens (including phenoxy) is 1. The van der Waals surface area contributed by atoms with Crippen molar-refractivity contribution in [2.24, 2.45) is 0 Å². The predicted molar refractivity (Wildman–Crippen MR) is 88.3 cm³/mol. The minimum atomic E-state index is -0.265. The first-order chi connectivity index (χ1) is 12.2. The lowest BCUT2D eigenvalue weighted by Crippen LogP contribution is -2.21. The van der Waals surface area contributed by atoms with E-state index in [-0.39, 0.29) is 11.9 Å². The van der Waals surface area contributed by atoms with Gasteiger partial charge >= 0.3 is 0 Å². The molecule has 1 aromatic carbocycles. The van der Waals surface area contributed by atoms with Crippen molar-refractivity contribution in [1.82, 2.24) is 25.0 Å². The molecule has 3 aromatic rings. The minimum Gasteiger partial charge on any atom is -0.368 e. The Morgan fingerprint density at radius 1 is 1.36 bits per heavy atom. The molecular formula is C17H20FN5O2. The number of nitrogens with one attached hydrogen (secondary N) is 1. The van der Waals surface area contributed by atoms with Gasteiger partial charge in [-0.2, -0.15) is 4.98 Å². The van der Waals surface area contributed by atoms with E-state index in [1.807, 2.05) is 7.05 Å². The number of rotatable bonds is 6. The van der Waals surface area contributed by atoms with Crippen molar-refractivity contribution >= 4 is 11.0 Å². The van der Waals surface area contributed by atoms with Crippen LogP contribution in [0.15, 0.2) is 22.7 Å². The lowest BCUT2D eigenvalue weighted by Gasteiger charge is -2.12. The second-order valence-corrected chi connectivity index (χ2v) is 6.38. The Kier molecular flexibility index (Phi) is 4.46. The first-order valence-electron chi connectivity index (χ1n) is 8.44. The quantitative estimate of drug-likeness (QED) is 0.740. The van der Waals surface area contributed by atoms with Crippen LogP contribution in [0.2, 0.25) is 0 Å². The molecule has 1 saturated heterocycles. The monoisotopic (exact) mass is 345 g/mol. The highest BCUT2D eigenvalue weighted by molar-refractivity contribution is 5.74. The first kappa shape index (κ1) is 16.2. The molecule has 1 N–H and O–H groups in total. The van der Waals surface area contributed by atoms with Crippen molar-refractivity contribution in [3.8, 4) is 0 Å². The van der Waals surface area contributed by atoms with Gasteiger partial charge in [-0.1, -0.05) is 5.16 Å². The van der Waals surface area contributed by atoms with E-state index in [4.69, 9.17) is 9.26 Å². The van der Waals surface area contributed by atoms with Crippen LogP contribution in [0.5, 0.6) is 0 Å². The fourth-order valence-electron chi connectivity index (χ4n) is 3.01. The lowest BCUT2D eigenvalue weighted by molar-refractivity contribution is 0.0835. The number of hydrogen-bond acceptors (Lipinski definition) is 6. The van der Waals surface area contributed by atoms with Crippen LogP contribution in [0.4, 0.5) is 4.39 Å². The largest absolute Gasteiger partial charge is 0.368 e. The third kappa shape index (κ3) is 3.69. The zero-order valence-corrected chi connectivity index (χ0v) is 14.0. The van der Waals surface area contributed by atoms with E-state index < -0.39 is 0 Å². The highest BCUT2D eigenvalue weighted by atomic mass is 19.1. The van der Waals surface area contributed by atoms with Crippen LogP contribution in [-0.2, 0) is 17.7 Å². The molecule has 4 rings (SSSR count). The number of imidazole rings is 1. The average molecular weight is 345 g/mol. The number of hydrogen-bond donors (Lipinski definition) is 1. The smallest absolute Gasteiger partial charge is 0.255 e. The number of aromatic amines is 1. The van der Waals surface area contributed by atoms with Gasteiger partial charge in [-0.3, -0.25) is 4.90 Å².